The van der Waals surface area contributed by atoms with Crippen LogP contribution in [0.25, 0.3) is 16.6 Å². The third-order valence-corrected chi connectivity index (χ3v) is 6.25. The fraction of sp³-hybridized carbons (Fsp3) is 0.333. The maximum Gasteiger partial charge on any atom is 0.295 e. The van der Waals surface area contributed by atoms with Gasteiger partial charge in [-0.1, -0.05) is 50.6 Å². The number of carbonyl (C=O) groups excluding carboxylic acids is 1. The highest BCUT2D eigenvalue weighted by Gasteiger charge is 2.25. The van der Waals surface area contributed by atoms with Gasteiger partial charge in [-0.2, -0.15) is 10.2 Å². The average molecular weight is 458 g/mol. The lowest BCUT2D eigenvalue weighted by molar-refractivity contribution is -0.119. The molecule has 1 atom stereocenters. The maximum atomic E-state index is 13.5. The van der Waals surface area contributed by atoms with E-state index < -0.39 is 6.04 Å². The lowest BCUT2D eigenvalue weighted by Crippen LogP contribution is -2.35. The number of nitrogens with zero attached hydrogens (tertiary/aromatic N) is 4. The lowest BCUT2D eigenvalue weighted by Gasteiger charge is -2.17. The summed E-state index contributed by atoms with van der Waals surface area (Å²) in [5, 5.41) is 12.8. The Labute approximate surface area is 199 Å². The molecule has 2 heterocycles. The van der Waals surface area contributed by atoms with Crippen LogP contribution in [-0.4, -0.2) is 25.5 Å². The van der Waals surface area contributed by atoms with E-state index in [1.54, 1.807) is 4.68 Å². The van der Waals surface area contributed by atoms with Gasteiger partial charge in [-0.25, -0.2) is 9.36 Å². The van der Waals surface area contributed by atoms with E-state index in [2.05, 4.69) is 29.4 Å². The molecule has 4 aromatic rings. The summed E-state index contributed by atoms with van der Waals surface area (Å²) in [6.07, 6.45) is 0.422. The summed E-state index contributed by atoms with van der Waals surface area (Å²) in [6.45, 7) is 11.9. The van der Waals surface area contributed by atoms with Crippen LogP contribution in [0.3, 0.4) is 0 Å². The molecule has 2 aromatic heterocycles. The molecule has 7 nitrogen and oxygen atoms in total. The first-order valence-electron chi connectivity index (χ1n) is 11.7. The first-order chi connectivity index (χ1) is 16.2. The normalized spacial score (nSPS) is 12.3. The molecule has 34 heavy (non-hydrogen) atoms. The number of rotatable bonds is 6. The first-order valence-corrected chi connectivity index (χ1v) is 11.7. The van der Waals surface area contributed by atoms with E-state index in [4.69, 9.17) is 0 Å². The predicted octanol–water partition coefficient (Wildman–Crippen LogP) is 5.22. The van der Waals surface area contributed by atoms with Gasteiger partial charge >= 0.3 is 0 Å². The second-order valence-corrected chi connectivity index (χ2v) is 9.08. The van der Waals surface area contributed by atoms with Crippen molar-refractivity contribution in [2.75, 3.05) is 5.32 Å². The van der Waals surface area contributed by atoms with Crippen LogP contribution in [-0.2, 0) is 4.79 Å². The van der Waals surface area contributed by atoms with Gasteiger partial charge in [0.15, 0.2) is 5.52 Å². The second-order valence-electron chi connectivity index (χ2n) is 9.08. The summed E-state index contributed by atoms with van der Waals surface area (Å²) in [6, 6.07) is 15.0. The molecule has 0 aliphatic carbocycles. The van der Waals surface area contributed by atoms with Crippen molar-refractivity contribution in [2.45, 2.75) is 59.9 Å². The molecule has 0 fully saturated rings. The van der Waals surface area contributed by atoms with Crippen molar-refractivity contribution in [3.05, 3.63) is 81.4 Å². The number of hydrogen-bond acceptors (Lipinski definition) is 4. The molecule has 1 N–H and O–H groups in total. The molecule has 0 radical (unpaired) electrons. The quantitative estimate of drug-likeness (QED) is 0.430. The van der Waals surface area contributed by atoms with Gasteiger partial charge in [-0.15, -0.1) is 0 Å². The van der Waals surface area contributed by atoms with Crippen molar-refractivity contribution in [1.29, 1.82) is 0 Å². The molecule has 0 bridgehead atoms. The Bertz CT molecular complexity index is 1400. The fourth-order valence-corrected chi connectivity index (χ4v) is 4.25. The van der Waals surface area contributed by atoms with Crippen molar-refractivity contribution < 1.29 is 4.79 Å². The van der Waals surface area contributed by atoms with Crippen LogP contribution in [0.15, 0.2) is 53.3 Å². The molecule has 1 amide bonds. The fourth-order valence-electron chi connectivity index (χ4n) is 4.25. The Morgan fingerprint density at radius 3 is 2.21 bits per heavy atom. The molecule has 2 aromatic carbocycles. The smallest absolute Gasteiger partial charge is 0.295 e. The minimum absolute atomic E-state index is 0.275. The molecule has 0 spiro atoms. The van der Waals surface area contributed by atoms with Crippen LogP contribution in [0, 0.1) is 20.8 Å². The Morgan fingerprint density at radius 1 is 0.971 bits per heavy atom. The number of amides is 1. The van der Waals surface area contributed by atoms with Crippen molar-refractivity contribution >= 4 is 22.5 Å². The van der Waals surface area contributed by atoms with E-state index in [0.29, 0.717) is 29.2 Å². The molecule has 0 aliphatic heterocycles. The Morgan fingerprint density at radius 2 is 1.62 bits per heavy atom. The highest BCUT2D eigenvalue weighted by molar-refractivity contribution is 5.94. The summed E-state index contributed by atoms with van der Waals surface area (Å²) in [7, 11) is 0. The summed E-state index contributed by atoms with van der Waals surface area (Å²) < 4.78 is 3.04. The zero-order chi connectivity index (χ0) is 24.6. The third kappa shape index (κ3) is 4.25. The number of hydrogen-bond donors (Lipinski definition) is 1. The molecule has 1 unspecified atom stereocenters. The summed E-state index contributed by atoms with van der Waals surface area (Å²) in [4.78, 5) is 26.6. The number of benzene rings is 2. The van der Waals surface area contributed by atoms with Crippen LogP contribution in [0.5, 0.6) is 0 Å². The van der Waals surface area contributed by atoms with E-state index in [9.17, 15) is 9.59 Å². The summed E-state index contributed by atoms with van der Waals surface area (Å²) in [5.74, 6) is 0.136. The highest BCUT2D eigenvalue weighted by atomic mass is 16.2. The van der Waals surface area contributed by atoms with Crippen molar-refractivity contribution in [3.8, 4) is 5.69 Å². The molecule has 0 saturated carbocycles. The minimum atomic E-state index is -0.745. The standard InChI is InChI=1S/C27H31N5O2/c1-7-23(26(33)28-21-12-10-20(11-13-21)16(2)3)32-27(34)25-24(18(5)29-32)19(6)31(30-25)22-14-8-17(4)9-15-22/h8-16,23H,7H2,1-6H3,(H,28,33). The minimum Gasteiger partial charge on any atom is -0.324 e. The van der Waals surface area contributed by atoms with Crippen LogP contribution >= 0.6 is 0 Å². The van der Waals surface area contributed by atoms with Crippen LogP contribution in [0.1, 0.15) is 61.7 Å². The first kappa shape index (κ1) is 23.4. The lowest BCUT2D eigenvalue weighted by atomic mass is 10.0. The highest BCUT2D eigenvalue weighted by Crippen LogP contribution is 2.23. The van der Waals surface area contributed by atoms with Gasteiger partial charge in [-0.05, 0) is 62.9 Å². The molecule has 7 heteroatoms. The van der Waals surface area contributed by atoms with E-state index in [-0.39, 0.29) is 11.5 Å². The Kier molecular flexibility index (Phi) is 6.37. The number of anilines is 1. The van der Waals surface area contributed by atoms with Gasteiger partial charge in [-0.3, -0.25) is 9.59 Å². The van der Waals surface area contributed by atoms with Crippen LogP contribution < -0.4 is 10.9 Å². The molecular weight excluding hydrogens is 426 g/mol. The zero-order valence-corrected chi connectivity index (χ0v) is 20.6. The number of fused-ring (bicyclic) bond motifs is 1. The molecule has 0 saturated heterocycles. The van der Waals surface area contributed by atoms with Gasteiger partial charge in [0.05, 0.1) is 22.5 Å². The van der Waals surface area contributed by atoms with Crippen LogP contribution in [0.4, 0.5) is 5.69 Å². The van der Waals surface area contributed by atoms with Gasteiger partial charge in [0, 0.05) is 5.69 Å². The van der Waals surface area contributed by atoms with Crippen LogP contribution in [0.2, 0.25) is 0 Å². The third-order valence-electron chi connectivity index (χ3n) is 6.25. The summed E-state index contributed by atoms with van der Waals surface area (Å²) >= 11 is 0. The van der Waals surface area contributed by atoms with E-state index in [1.165, 1.54) is 10.2 Å². The molecular formula is C27H31N5O2. The Hall–Kier alpha value is -3.74. The van der Waals surface area contributed by atoms with E-state index >= 15 is 0 Å². The van der Waals surface area contributed by atoms with E-state index in [1.807, 2.05) is 76.2 Å². The van der Waals surface area contributed by atoms with Gasteiger partial charge in [0.2, 0.25) is 5.91 Å². The van der Waals surface area contributed by atoms with Crippen molar-refractivity contribution in [3.63, 3.8) is 0 Å². The predicted molar refractivity (Wildman–Crippen MR) is 136 cm³/mol. The monoisotopic (exact) mass is 457 g/mol. The summed E-state index contributed by atoms with van der Waals surface area (Å²) in [5.41, 5.74) is 5.37. The number of aryl methyl sites for hydroxylation is 3. The Balaban J connectivity index is 1.72. The number of nitrogens with one attached hydrogen (secondary N) is 1. The topological polar surface area (TPSA) is 81.8 Å². The van der Waals surface area contributed by atoms with E-state index in [0.717, 1.165) is 22.3 Å². The molecule has 176 valence electrons. The van der Waals surface area contributed by atoms with Gasteiger partial charge in [0.1, 0.15) is 6.04 Å². The number of aromatic nitrogens is 4. The van der Waals surface area contributed by atoms with Crippen molar-refractivity contribution in [2.24, 2.45) is 0 Å². The molecule has 4 rings (SSSR count). The second kappa shape index (κ2) is 9.25. The van der Waals surface area contributed by atoms with Gasteiger partial charge < -0.3 is 5.32 Å². The SMILES string of the molecule is CCC(C(=O)Nc1ccc(C(C)C)cc1)n1nc(C)c2c(C)n(-c3ccc(C)cc3)nc2c1=O. The largest absolute Gasteiger partial charge is 0.324 e. The number of carbonyl (C=O) groups is 1. The zero-order valence-electron chi connectivity index (χ0n) is 20.6. The molecule has 0 aliphatic rings. The average Bonchev–Trinajstić information content (AvgIpc) is 3.16. The van der Waals surface area contributed by atoms with Crippen molar-refractivity contribution in [1.82, 2.24) is 19.6 Å². The maximum absolute atomic E-state index is 13.5. The van der Waals surface area contributed by atoms with Gasteiger partial charge in [0.25, 0.3) is 5.56 Å².